The van der Waals surface area contributed by atoms with Gasteiger partial charge >= 0.3 is 0 Å². The molecule has 0 saturated carbocycles. The summed E-state index contributed by atoms with van der Waals surface area (Å²) < 4.78 is 25.8. The molecule has 1 amide bonds. The molecule has 7 heteroatoms. The van der Waals surface area contributed by atoms with E-state index in [1.54, 1.807) is 36.4 Å². The molecule has 0 radical (unpaired) electrons. The van der Waals surface area contributed by atoms with Crippen LogP contribution in [0.1, 0.15) is 36.7 Å². The van der Waals surface area contributed by atoms with Crippen LogP contribution in [0, 0.1) is 5.82 Å². The van der Waals surface area contributed by atoms with E-state index in [1.165, 1.54) is 13.0 Å². The molecule has 2 unspecified atom stereocenters. The summed E-state index contributed by atoms with van der Waals surface area (Å²) in [5.41, 5.74) is 1.73. The topological polar surface area (TPSA) is 67.9 Å². The monoisotopic (exact) mass is 414 g/mol. The van der Waals surface area contributed by atoms with Crippen LogP contribution in [0.4, 0.5) is 10.1 Å². The molecule has 0 spiro atoms. The minimum Gasteiger partial charge on any atom is -0.484 e. The molecule has 1 heterocycles. The van der Waals surface area contributed by atoms with Crippen LogP contribution in [0.2, 0.25) is 0 Å². The van der Waals surface area contributed by atoms with E-state index in [2.05, 4.69) is 5.32 Å². The van der Waals surface area contributed by atoms with Gasteiger partial charge < -0.3 is 19.7 Å². The minimum atomic E-state index is -0.330. The van der Waals surface area contributed by atoms with Crippen molar-refractivity contribution in [2.24, 2.45) is 0 Å². The molecule has 6 nitrogen and oxygen atoms in total. The summed E-state index contributed by atoms with van der Waals surface area (Å²) in [6, 6.07) is 11.7. The zero-order valence-corrected chi connectivity index (χ0v) is 17.5. The van der Waals surface area contributed by atoms with Crippen molar-refractivity contribution < 1.29 is 23.5 Å². The van der Waals surface area contributed by atoms with Crippen LogP contribution in [-0.4, -0.2) is 43.6 Å². The third-order valence-corrected chi connectivity index (χ3v) is 4.87. The average Bonchev–Trinajstić information content (AvgIpc) is 2.70. The van der Waals surface area contributed by atoms with Crippen LogP contribution in [0.3, 0.4) is 0 Å². The van der Waals surface area contributed by atoms with E-state index in [9.17, 15) is 14.0 Å². The van der Waals surface area contributed by atoms with E-state index in [-0.39, 0.29) is 42.9 Å². The van der Waals surface area contributed by atoms with Crippen molar-refractivity contribution in [3.8, 4) is 5.75 Å². The number of hydrogen-bond acceptors (Lipinski definition) is 5. The predicted octanol–water partition coefficient (Wildman–Crippen LogP) is 3.34. The molecule has 1 saturated heterocycles. The lowest BCUT2D eigenvalue weighted by Gasteiger charge is -2.37. The Hall–Kier alpha value is -2.93. The highest BCUT2D eigenvalue weighted by Crippen LogP contribution is 2.24. The van der Waals surface area contributed by atoms with Gasteiger partial charge in [-0.3, -0.25) is 9.59 Å². The van der Waals surface area contributed by atoms with Gasteiger partial charge in [-0.05, 0) is 50.6 Å². The van der Waals surface area contributed by atoms with Gasteiger partial charge in [-0.25, -0.2) is 4.39 Å². The first-order valence-corrected chi connectivity index (χ1v) is 10.0. The van der Waals surface area contributed by atoms with E-state index < -0.39 is 0 Å². The highest BCUT2D eigenvalue weighted by molar-refractivity contribution is 5.94. The summed E-state index contributed by atoms with van der Waals surface area (Å²) in [7, 11) is 0. The second-order valence-corrected chi connectivity index (χ2v) is 7.60. The maximum atomic E-state index is 14.6. The van der Waals surface area contributed by atoms with Crippen molar-refractivity contribution in [2.45, 2.75) is 39.5 Å². The van der Waals surface area contributed by atoms with Crippen molar-refractivity contribution in [3.63, 3.8) is 0 Å². The van der Waals surface area contributed by atoms with Crippen molar-refractivity contribution in [1.29, 1.82) is 0 Å². The molecule has 3 rings (SSSR count). The van der Waals surface area contributed by atoms with Gasteiger partial charge in [-0.2, -0.15) is 0 Å². The Kier molecular flexibility index (Phi) is 7.05. The zero-order chi connectivity index (χ0) is 21.7. The summed E-state index contributed by atoms with van der Waals surface area (Å²) in [5, 5.41) is 2.72. The van der Waals surface area contributed by atoms with Crippen molar-refractivity contribution in [2.75, 3.05) is 24.6 Å². The number of ketones is 1. The number of Topliss-reactive ketones (excluding diaryl/α,β-unsaturated/α-hetero) is 1. The third kappa shape index (κ3) is 5.79. The molecule has 1 aliphatic rings. The van der Waals surface area contributed by atoms with Crippen LogP contribution in [-0.2, 0) is 16.1 Å². The average molecular weight is 414 g/mol. The van der Waals surface area contributed by atoms with Gasteiger partial charge in [0.2, 0.25) is 0 Å². The number of amides is 1. The van der Waals surface area contributed by atoms with Gasteiger partial charge in [0, 0.05) is 25.2 Å². The number of carbonyl (C=O) groups is 2. The fourth-order valence-electron chi connectivity index (χ4n) is 3.50. The Morgan fingerprint density at radius 2 is 1.90 bits per heavy atom. The largest absolute Gasteiger partial charge is 0.484 e. The molecule has 2 aromatic carbocycles. The normalized spacial score (nSPS) is 18.7. The fraction of sp³-hybridized carbons (Fsp3) is 0.391. The minimum absolute atomic E-state index is 0.0447. The molecule has 30 heavy (non-hydrogen) atoms. The number of anilines is 1. The number of hydrogen-bond donors (Lipinski definition) is 1. The summed E-state index contributed by atoms with van der Waals surface area (Å²) in [6.07, 6.45) is 0.0894. The second kappa shape index (κ2) is 9.71. The summed E-state index contributed by atoms with van der Waals surface area (Å²) in [6.45, 7) is 6.70. The molecule has 2 aromatic rings. The Labute approximate surface area is 176 Å². The smallest absolute Gasteiger partial charge is 0.258 e. The van der Waals surface area contributed by atoms with Gasteiger partial charge in [0.15, 0.2) is 12.4 Å². The maximum Gasteiger partial charge on any atom is 0.258 e. The number of ether oxygens (including phenoxy) is 2. The van der Waals surface area contributed by atoms with Crippen LogP contribution < -0.4 is 15.0 Å². The highest BCUT2D eigenvalue weighted by Gasteiger charge is 2.24. The van der Waals surface area contributed by atoms with E-state index in [0.29, 0.717) is 35.7 Å². The van der Waals surface area contributed by atoms with Gasteiger partial charge in [0.1, 0.15) is 11.6 Å². The number of morpholine rings is 1. The standard InChI is InChI=1S/C23H27FN2O4/c1-15-12-26(13-16(2)30-15)22-8-7-18(9-21(22)24)11-25-23(28)14-29-20-6-4-5-19(10-20)17(3)27/h4-10,15-16H,11-14H2,1-3H3,(H,25,28). The third-order valence-electron chi connectivity index (χ3n) is 4.87. The fourth-order valence-corrected chi connectivity index (χ4v) is 3.50. The number of benzene rings is 2. The van der Waals surface area contributed by atoms with Crippen LogP contribution in [0.5, 0.6) is 5.75 Å². The Morgan fingerprint density at radius 3 is 2.57 bits per heavy atom. The van der Waals surface area contributed by atoms with Crippen LogP contribution in [0.15, 0.2) is 42.5 Å². The molecule has 1 N–H and O–H groups in total. The van der Waals surface area contributed by atoms with Crippen LogP contribution in [0.25, 0.3) is 0 Å². The zero-order valence-electron chi connectivity index (χ0n) is 17.5. The van der Waals surface area contributed by atoms with Crippen molar-refractivity contribution >= 4 is 17.4 Å². The SMILES string of the molecule is CC(=O)c1cccc(OCC(=O)NCc2ccc(N3CC(C)OC(C)C3)c(F)c2)c1. The van der Waals surface area contributed by atoms with E-state index in [0.717, 1.165) is 0 Å². The summed E-state index contributed by atoms with van der Waals surface area (Å²) in [5.74, 6) is -0.275. The lowest BCUT2D eigenvalue weighted by molar-refractivity contribution is -0.123. The first kappa shape index (κ1) is 21.8. The number of carbonyl (C=O) groups excluding carboxylic acids is 2. The quantitative estimate of drug-likeness (QED) is 0.704. The van der Waals surface area contributed by atoms with E-state index in [4.69, 9.17) is 9.47 Å². The number of nitrogens with one attached hydrogen (secondary N) is 1. The summed E-state index contributed by atoms with van der Waals surface area (Å²) >= 11 is 0. The van der Waals surface area contributed by atoms with Gasteiger partial charge in [-0.1, -0.05) is 18.2 Å². The van der Waals surface area contributed by atoms with Gasteiger partial charge in [0.25, 0.3) is 5.91 Å². The first-order valence-electron chi connectivity index (χ1n) is 10.0. The summed E-state index contributed by atoms with van der Waals surface area (Å²) in [4.78, 5) is 25.5. The molecule has 0 aromatic heterocycles. The van der Waals surface area contributed by atoms with Gasteiger partial charge in [-0.15, -0.1) is 0 Å². The molecule has 2 atom stereocenters. The Morgan fingerprint density at radius 1 is 1.17 bits per heavy atom. The van der Waals surface area contributed by atoms with Crippen LogP contribution >= 0.6 is 0 Å². The second-order valence-electron chi connectivity index (χ2n) is 7.60. The first-order chi connectivity index (χ1) is 14.3. The lowest BCUT2D eigenvalue weighted by atomic mass is 10.1. The molecule has 1 aliphatic heterocycles. The predicted molar refractivity (Wildman–Crippen MR) is 112 cm³/mol. The highest BCUT2D eigenvalue weighted by atomic mass is 19.1. The van der Waals surface area contributed by atoms with E-state index in [1.807, 2.05) is 18.7 Å². The lowest BCUT2D eigenvalue weighted by Crippen LogP contribution is -2.45. The Bertz CT molecular complexity index is 908. The molecular weight excluding hydrogens is 387 g/mol. The number of nitrogens with zero attached hydrogens (tertiary/aromatic N) is 1. The molecule has 160 valence electrons. The number of halogens is 1. The van der Waals surface area contributed by atoms with Gasteiger partial charge in [0.05, 0.1) is 17.9 Å². The molecule has 0 aliphatic carbocycles. The molecule has 0 bridgehead atoms. The van der Waals surface area contributed by atoms with Crippen molar-refractivity contribution in [3.05, 3.63) is 59.4 Å². The Balaban J connectivity index is 1.52. The number of rotatable bonds is 7. The van der Waals surface area contributed by atoms with Crippen molar-refractivity contribution in [1.82, 2.24) is 5.32 Å². The maximum absolute atomic E-state index is 14.6. The molecule has 1 fully saturated rings. The van der Waals surface area contributed by atoms with E-state index >= 15 is 0 Å². The molecular formula is C23H27FN2O4.